The van der Waals surface area contributed by atoms with Crippen LogP contribution in [0.3, 0.4) is 0 Å². The minimum atomic E-state index is -0.127. The smallest absolute Gasteiger partial charge is 0.259 e. The Kier molecular flexibility index (Phi) is 5.24. The van der Waals surface area contributed by atoms with Crippen LogP contribution in [0.5, 0.6) is 5.75 Å². The lowest BCUT2D eigenvalue weighted by molar-refractivity contribution is 0.0633. The molecule has 3 heterocycles. The second-order valence-electron chi connectivity index (χ2n) is 7.67. The van der Waals surface area contributed by atoms with Crippen molar-refractivity contribution >= 4 is 17.0 Å². The number of fused-ring (bicyclic) bond motifs is 1. The van der Waals surface area contributed by atoms with Crippen LogP contribution in [0.25, 0.3) is 11.1 Å². The summed E-state index contributed by atoms with van der Waals surface area (Å²) >= 11 is 0. The van der Waals surface area contributed by atoms with E-state index < -0.39 is 0 Å². The number of methoxy groups -OCH3 is 1. The zero-order valence-electron chi connectivity index (χ0n) is 17.2. The SMILES string of the molecule is COc1ccccc1C1CNCCN1C(=O)c1cc(C)nc2onc(C(C)C)c12. The van der Waals surface area contributed by atoms with Gasteiger partial charge in [0.15, 0.2) is 0 Å². The molecule has 2 aromatic heterocycles. The number of carbonyl (C=O) groups is 1. The molecule has 1 amide bonds. The van der Waals surface area contributed by atoms with Crippen molar-refractivity contribution in [1.29, 1.82) is 0 Å². The fourth-order valence-electron chi connectivity index (χ4n) is 3.98. The first-order valence-electron chi connectivity index (χ1n) is 9.92. The maximum absolute atomic E-state index is 13.8. The number of hydrogen-bond donors (Lipinski definition) is 1. The number of amides is 1. The van der Waals surface area contributed by atoms with Crippen molar-refractivity contribution in [2.45, 2.75) is 32.7 Å². The zero-order chi connectivity index (χ0) is 20.5. The number of benzene rings is 1. The predicted molar refractivity (Wildman–Crippen MR) is 110 cm³/mol. The zero-order valence-corrected chi connectivity index (χ0v) is 17.2. The van der Waals surface area contributed by atoms with Crippen molar-refractivity contribution in [3.63, 3.8) is 0 Å². The number of nitrogens with one attached hydrogen (secondary N) is 1. The summed E-state index contributed by atoms with van der Waals surface area (Å²) in [5.74, 6) is 0.867. The maximum Gasteiger partial charge on any atom is 0.259 e. The van der Waals surface area contributed by atoms with Gasteiger partial charge >= 0.3 is 0 Å². The minimum absolute atomic E-state index is 0.0389. The molecule has 1 unspecified atom stereocenters. The molecule has 1 aromatic carbocycles. The highest BCUT2D eigenvalue weighted by molar-refractivity contribution is 6.06. The van der Waals surface area contributed by atoms with Crippen molar-refractivity contribution < 1.29 is 14.1 Å². The first-order valence-corrected chi connectivity index (χ1v) is 9.92. The van der Waals surface area contributed by atoms with Gasteiger partial charge in [-0.3, -0.25) is 4.79 Å². The second kappa shape index (κ2) is 7.83. The Balaban J connectivity index is 1.81. The Morgan fingerprint density at radius 3 is 2.90 bits per heavy atom. The monoisotopic (exact) mass is 394 g/mol. The Hall–Kier alpha value is -2.93. The summed E-state index contributed by atoms with van der Waals surface area (Å²) in [6.45, 7) is 7.95. The average Bonchev–Trinajstić information content (AvgIpc) is 3.16. The van der Waals surface area contributed by atoms with Gasteiger partial charge in [-0.15, -0.1) is 0 Å². The van der Waals surface area contributed by atoms with Crippen molar-refractivity contribution in [1.82, 2.24) is 20.4 Å². The molecule has 7 heteroatoms. The summed E-state index contributed by atoms with van der Waals surface area (Å²) in [4.78, 5) is 20.1. The van der Waals surface area contributed by atoms with Crippen LogP contribution in [0.15, 0.2) is 34.9 Å². The van der Waals surface area contributed by atoms with Gasteiger partial charge in [-0.25, -0.2) is 4.98 Å². The summed E-state index contributed by atoms with van der Waals surface area (Å²) < 4.78 is 11.0. The number of aryl methyl sites for hydroxylation is 1. The summed E-state index contributed by atoms with van der Waals surface area (Å²) in [5.41, 5.74) is 3.50. The number of ether oxygens (including phenoxy) is 1. The molecule has 0 radical (unpaired) electrons. The molecule has 1 atom stereocenters. The topological polar surface area (TPSA) is 80.5 Å². The standard InChI is InChI=1S/C22H26N4O3/c1-13(2)20-19-16(11-14(3)24-21(19)29-25-20)22(27)26-10-9-23-12-17(26)15-7-5-6-8-18(15)28-4/h5-8,11,13,17,23H,9-10,12H2,1-4H3. The third kappa shape index (κ3) is 3.46. The molecule has 1 saturated heterocycles. The van der Waals surface area contributed by atoms with E-state index in [-0.39, 0.29) is 17.9 Å². The Bertz CT molecular complexity index is 1040. The van der Waals surface area contributed by atoms with Crippen LogP contribution >= 0.6 is 0 Å². The number of para-hydroxylation sites is 1. The van der Waals surface area contributed by atoms with Gasteiger partial charge in [0.1, 0.15) is 5.75 Å². The first kappa shape index (κ1) is 19.4. The van der Waals surface area contributed by atoms with E-state index in [1.807, 2.05) is 56.0 Å². The number of piperazine rings is 1. The summed E-state index contributed by atoms with van der Waals surface area (Å²) in [6, 6.07) is 9.57. The van der Waals surface area contributed by atoms with E-state index >= 15 is 0 Å². The van der Waals surface area contributed by atoms with Crippen LogP contribution in [-0.2, 0) is 0 Å². The normalized spacial score (nSPS) is 17.1. The molecule has 0 saturated carbocycles. The molecule has 1 N–H and O–H groups in total. The van der Waals surface area contributed by atoms with E-state index in [0.29, 0.717) is 29.8 Å². The van der Waals surface area contributed by atoms with E-state index in [0.717, 1.165) is 29.2 Å². The highest BCUT2D eigenvalue weighted by Crippen LogP contribution is 2.34. The fourth-order valence-corrected chi connectivity index (χ4v) is 3.98. The number of pyridine rings is 1. The molecule has 1 aliphatic heterocycles. The van der Waals surface area contributed by atoms with Gasteiger partial charge in [-0.1, -0.05) is 37.2 Å². The number of aromatic nitrogens is 2. The lowest BCUT2D eigenvalue weighted by Gasteiger charge is -2.37. The van der Waals surface area contributed by atoms with E-state index in [1.54, 1.807) is 7.11 Å². The van der Waals surface area contributed by atoms with E-state index in [1.165, 1.54) is 0 Å². The molecular weight excluding hydrogens is 368 g/mol. The Labute approximate surface area is 170 Å². The molecule has 0 aliphatic carbocycles. The van der Waals surface area contributed by atoms with Crippen LogP contribution in [0.4, 0.5) is 0 Å². The van der Waals surface area contributed by atoms with Crippen LogP contribution < -0.4 is 10.1 Å². The van der Waals surface area contributed by atoms with E-state index in [4.69, 9.17) is 9.26 Å². The van der Waals surface area contributed by atoms with Crippen LogP contribution in [-0.4, -0.2) is 47.7 Å². The van der Waals surface area contributed by atoms with Gasteiger partial charge in [-0.2, -0.15) is 0 Å². The first-order chi connectivity index (χ1) is 14.0. The largest absolute Gasteiger partial charge is 0.496 e. The molecule has 1 fully saturated rings. The molecule has 4 rings (SSSR count). The summed E-state index contributed by atoms with van der Waals surface area (Å²) in [6.07, 6.45) is 0. The Morgan fingerprint density at radius 1 is 1.34 bits per heavy atom. The summed E-state index contributed by atoms with van der Waals surface area (Å²) in [5, 5.41) is 8.31. The van der Waals surface area contributed by atoms with Crippen molar-refractivity contribution in [3.8, 4) is 5.75 Å². The van der Waals surface area contributed by atoms with Crippen molar-refractivity contribution in [2.75, 3.05) is 26.7 Å². The third-order valence-corrected chi connectivity index (χ3v) is 5.38. The molecule has 0 spiro atoms. The lowest BCUT2D eigenvalue weighted by atomic mass is 9.98. The lowest BCUT2D eigenvalue weighted by Crippen LogP contribution is -2.48. The number of carbonyl (C=O) groups excluding carboxylic acids is 1. The highest BCUT2D eigenvalue weighted by Gasteiger charge is 2.32. The van der Waals surface area contributed by atoms with Crippen molar-refractivity contribution in [3.05, 3.63) is 52.8 Å². The molecule has 3 aromatic rings. The van der Waals surface area contributed by atoms with Gasteiger partial charge < -0.3 is 19.5 Å². The van der Waals surface area contributed by atoms with Gasteiger partial charge in [-0.05, 0) is 25.0 Å². The quantitative estimate of drug-likeness (QED) is 0.730. The molecule has 0 bridgehead atoms. The van der Waals surface area contributed by atoms with E-state index in [9.17, 15) is 4.79 Å². The highest BCUT2D eigenvalue weighted by atomic mass is 16.5. The van der Waals surface area contributed by atoms with Gasteiger partial charge in [0.2, 0.25) is 0 Å². The maximum atomic E-state index is 13.8. The van der Waals surface area contributed by atoms with Gasteiger partial charge in [0.25, 0.3) is 11.6 Å². The third-order valence-electron chi connectivity index (χ3n) is 5.38. The van der Waals surface area contributed by atoms with Crippen LogP contribution in [0, 0.1) is 6.92 Å². The number of hydrogen-bond acceptors (Lipinski definition) is 6. The van der Waals surface area contributed by atoms with Crippen LogP contribution in [0.2, 0.25) is 0 Å². The Morgan fingerprint density at radius 2 is 2.14 bits per heavy atom. The predicted octanol–water partition coefficient (Wildman–Crippen LogP) is 3.45. The molecule has 7 nitrogen and oxygen atoms in total. The van der Waals surface area contributed by atoms with Crippen molar-refractivity contribution in [2.24, 2.45) is 0 Å². The second-order valence-corrected chi connectivity index (χ2v) is 7.67. The summed E-state index contributed by atoms with van der Waals surface area (Å²) in [7, 11) is 1.66. The van der Waals surface area contributed by atoms with Crippen LogP contribution in [0.1, 0.15) is 53.1 Å². The van der Waals surface area contributed by atoms with E-state index in [2.05, 4.69) is 15.5 Å². The minimum Gasteiger partial charge on any atom is -0.496 e. The molecular formula is C22H26N4O3. The molecule has 1 aliphatic rings. The molecule has 152 valence electrons. The van der Waals surface area contributed by atoms with Gasteiger partial charge in [0, 0.05) is 30.9 Å². The molecule has 29 heavy (non-hydrogen) atoms. The fraction of sp³-hybridized carbons (Fsp3) is 0.409. The average molecular weight is 394 g/mol. The number of rotatable bonds is 4. The van der Waals surface area contributed by atoms with Gasteiger partial charge in [0.05, 0.1) is 29.8 Å². The number of nitrogens with zero attached hydrogens (tertiary/aromatic N) is 3.